The van der Waals surface area contributed by atoms with Crippen LogP contribution in [0.3, 0.4) is 0 Å². The van der Waals surface area contributed by atoms with Gasteiger partial charge in [0.1, 0.15) is 6.54 Å². The SMILES string of the molecule is CC1CCC(NC(=O)Cn2c(=O)oc3cc(S(=O)(=O)NC4CCCC4)ccc32)CC1. The Morgan fingerprint density at radius 3 is 2.50 bits per heavy atom. The number of aromatic nitrogens is 1. The van der Waals surface area contributed by atoms with Gasteiger partial charge in [0, 0.05) is 18.2 Å². The zero-order valence-electron chi connectivity index (χ0n) is 17.2. The molecular formula is C21H29N3O5S. The Kier molecular flexibility index (Phi) is 6.02. The Bertz CT molecular complexity index is 1070. The summed E-state index contributed by atoms with van der Waals surface area (Å²) < 4.78 is 34.5. The lowest BCUT2D eigenvalue weighted by molar-refractivity contribution is -0.122. The van der Waals surface area contributed by atoms with E-state index in [4.69, 9.17) is 4.42 Å². The third-order valence-corrected chi connectivity index (χ3v) is 7.83. The number of rotatable bonds is 6. The topological polar surface area (TPSA) is 110 Å². The van der Waals surface area contributed by atoms with E-state index in [9.17, 15) is 18.0 Å². The largest absolute Gasteiger partial charge is 0.420 e. The van der Waals surface area contributed by atoms with Crippen molar-refractivity contribution in [2.24, 2.45) is 5.92 Å². The maximum Gasteiger partial charge on any atom is 0.420 e. The van der Waals surface area contributed by atoms with E-state index < -0.39 is 15.8 Å². The van der Waals surface area contributed by atoms with Crippen molar-refractivity contribution >= 4 is 27.0 Å². The van der Waals surface area contributed by atoms with Crippen LogP contribution in [0.25, 0.3) is 11.1 Å². The highest BCUT2D eigenvalue weighted by molar-refractivity contribution is 7.89. The molecule has 4 rings (SSSR count). The van der Waals surface area contributed by atoms with Gasteiger partial charge in [0.25, 0.3) is 0 Å². The Morgan fingerprint density at radius 2 is 1.80 bits per heavy atom. The first-order valence-electron chi connectivity index (χ1n) is 10.8. The van der Waals surface area contributed by atoms with Crippen LogP contribution in [-0.4, -0.2) is 31.0 Å². The van der Waals surface area contributed by atoms with E-state index in [2.05, 4.69) is 17.0 Å². The molecule has 0 atom stereocenters. The number of oxazole rings is 1. The second kappa shape index (κ2) is 8.55. The summed E-state index contributed by atoms with van der Waals surface area (Å²) in [4.78, 5) is 24.8. The van der Waals surface area contributed by atoms with Crippen molar-refractivity contribution in [1.82, 2.24) is 14.6 Å². The lowest BCUT2D eigenvalue weighted by Crippen LogP contribution is -2.40. The summed E-state index contributed by atoms with van der Waals surface area (Å²) in [5.41, 5.74) is 0.570. The normalized spacial score (nSPS) is 23.1. The van der Waals surface area contributed by atoms with Crippen LogP contribution in [0, 0.1) is 5.92 Å². The smallest absolute Gasteiger partial charge is 0.408 e. The second-order valence-electron chi connectivity index (χ2n) is 8.71. The Hall–Kier alpha value is -2.13. The van der Waals surface area contributed by atoms with E-state index in [0.717, 1.165) is 51.4 Å². The van der Waals surface area contributed by atoms with Crippen molar-refractivity contribution in [3.63, 3.8) is 0 Å². The Labute approximate surface area is 176 Å². The quantitative estimate of drug-likeness (QED) is 0.724. The highest BCUT2D eigenvalue weighted by Crippen LogP contribution is 2.24. The molecule has 164 valence electrons. The van der Waals surface area contributed by atoms with E-state index in [0.29, 0.717) is 11.4 Å². The zero-order chi connectivity index (χ0) is 21.3. The second-order valence-corrected chi connectivity index (χ2v) is 10.4. The third-order valence-electron chi connectivity index (χ3n) is 6.31. The summed E-state index contributed by atoms with van der Waals surface area (Å²) >= 11 is 0. The molecule has 30 heavy (non-hydrogen) atoms. The van der Waals surface area contributed by atoms with Gasteiger partial charge in [0.05, 0.1) is 10.4 Å². The standard InChI is InChI=1S/C21H29N3O5S/c1-14-6-8-15(9-7-14)22-20(25)13-24-18-11-10-17(12-19(18)29-21(24)26)30(27,28)23-16-4-2-3-5-16/h10-12,14-16,23H,2-9,13H2,1H3,(H,22,25). The molecule has 1 heterocycles. The van der Waals surface area contributed by atoms with Gasteiger partial charge in [-0.15, -0.1) is 0 Å². The summed E-state index contributed by atoms with van der Waals surface area (Å²) in [6.45, 7) is 2.07. The minimum absolute atomic E-state index is 0.0474. The molecule has 2 saturated carbocycles. The first kappa shape index (κ1) is 21.1. The lowest BCUT2D eigenvalue weighted by atomic mass is 9.87. The van der Waals surface area contributed by atoms with E-state index in [1.807, 2.05) is 0 Å². The fourth-order valence-electron chi connectivity index (χ4n) is 4.52. The van der Waals surface area contributed by atoms with Gasteiger partial charge in [-0.2, -0.15) is 0 Å². The molecule has 1 amide bonds. The minimum Gasteiger partial charge on any atom is -0.408 e. The molecule has 2 N–H and O–H groups in total. The molecule has 1 aromatic carbocycles. The Morgan fingerprint density at radius 1 is 1.10 bits per heavy atom. The van der Waals surface area contributed by atoms with Gasteiger partial charge in [-0.05, 0) is 56.6 Å². The predicted octanol–water partition coefficient (Wildman–Crippen LogP) is 2.51. The number of carbonyl (C=O) groups excluding carboxylic acids is 1. The molecule has 0 aliphatic heterocycles. The molecule has 0 saturated heterocycles. The van der Waals surface area contributed by atoms with Crippen LogP contribution in [0.4, 0.5) is 0 Å². The molecule has 9 heteroatoms. The molecule has 0 unspecified atom stereocenters. The number of amides is 1. The number of hydrogen-bond acceptors (Lipinski definition) is 5. The lowest BCUT2D eigenvalue weighted by Gasteiger charge is -2.26. The maximum absolute atomic E-state index is 12.6. The van der Waals surface area contributed by atoms with Crippen LogP contribution < -0.4 is 15.8 Å². The van der Waals surface area contributed by atoms with Crippen LogP contribution >= 0.6 is 0 Å². The summed E-state index contributed by atoms with van der Waals surface area (Å²) in [7, 11) is -3.69. The van der Waals surface area contributed by atoms with Crippen LogP contribution in [0.5, 0.6) is 0 Å². The molecule has 1 aromatic heterocycles. The van der Waals surface area contributed by atoms with Gasteiger partial charge in [-0.25, -0.2) is 17.9 Å². The van der Waals surface area contributed by atoms with Crippen molar-refractivity contribution in [1.29, 1.82) is 0 Å². The molecule has 2 fully saturated rings. The monoisotopic (exact) mass is 435 g/mol. The van der Waals surface area contributed by atoms with E-state index in [1.165, 1.54) is 22.8 Å². The third kappa shape index (κ3) is 4.62. The van der Waals surface area contributed by atoms with Crippen molar-refractivity contribution in [3.05, 3.63) is 28.7 Å². The summed E-state index contributed by atoms with van der Waals surface area (Å²) in [5, 5.41) is 3.00. The van der Waals surface area contributed by atoms with Crippen LogP contribution in [0.1, 0.15) is 58.3 Å². The number of nitrogens with one attached hydrogen (secondary N) is 2. The van der Waals surface area contributed by atoms with Crippen molar-refractivity contribution in [2.75, 3.05) is 0 Å². The summed E-state index contributed by atoms with van der Waals surface area (Å²) in [5.74, 6) is -0.220. The molecule has 2 aromatic rings. The average molecular weight is 436 g/mol. The van der Waals surface area contributed by atoms with E-state index in [-0.39, 0.29) is 35.0 Å². The highest BCUT2D eigenvalue weighted by atomic mass is 32.2. The van der Waals surface area contributed by atoms with E-state index >= 15 is 0 Å². The predicted molar refractivity (Wildman–Crippen MR) is 113 cm³/mol. The van der Waals surface area contributed by atoms with Crippen LogP contribution in [0.15, 0.2) is 32.3 Å². The van der Waals surface area contributed by atoms with Crippen molar-refractivity contribution < 1.29 is 17.6 Å². The fraction of sp³-hybridized carbons (Fsp3) is 0.619. The van der Waals surface area contributed by atoms with Crippen LogP contribution in [-0.2, 0) is 21.4 Å². The number of nitrogens with zero attached hydrogens (tertiary/aromatic N) is 1. The summed E-state index contributed by atoms with van der Waals surface area (Å²) in [6, 6.07) is 4.42. The number of benzene rings is 1. The van der Waals surface area contributed by atoms with Gasteiger partial charge in [-0.3, -0.25) is 9.36 Å². The molecule has 8 nitrogen and oxygen atoms in total. The zero-order valence-corrected chi connectivity index (χ0v) is 18.0. The van der Waals surface area contributed by atoms with Gasteiger partial charge in [0.15, 0.2) is 5.58 Å². The minimum atomic E-state index is -3.69. The van der Waals surface area contributed by atoms with Crippen LogP contribution in [0.2, 0.25) is 0 Å². The maximum atomic E-state index is 12.6. The van der Waals surface area contributed by atoms with Gasteiger partial charge in [0.2, 0.25) is 15.9 Å². The van der Waals surface area contributed by atoms with Gasteiger partial charge < -0.3 is 9.73 Å². The van der Waals surface area contributed by atoms with Gasteiger partial charge >= 0.3 is 5.76 Å². The van der Waals surface area contributed by atoms with Crippen molar-refractivity contribution in [3.8, 4) is 0 Å². The molecule has 0 bridgehead atoms. The number of hydrogen-bond donors (Lipinski definition) is 2. The number of fused-ring (bicyclic) bond motifs is 1. The molecule has 0 radical (unpaired) electrons. The van der Waals surface area contributed by atoms with Crippen molar-refractivity contribution in [2.45, 2.75) is 81.8 Å². The first-order valence-corrected chi connectivity index (χ1v) is 12.3. The Balaban J connectivity index is 1.49. The molecule has 0 spiro atoms. The molecule has 2 aliphatic carbocycles. The average Bonchev–Trinajstić information content (AvgIpc) is 3.30. The first-order chi connectivity index (χ1) is 14.3. The van der Waals surface area contributed by atoms with Gasteiger partial charge in [-0.1, -0.05) is 19.8 Å². The number of sulfonamides is 1. The number of carbonyl (C=O) groups is 1. The highest BCUT2D eigenvalue weighted by Gasteiger charge is 2.25. The fourth-order valence-corrected chi connectivity index (χ4v) is 5.84. The molecular weight excluding hydrogens is 406 g/mol. The molecule has 2 aliphatic rings. The summed E-state index contributed by atoms with van der Waals surface area (Å²) in [6.07, 6.45) is 7.78. The van der Waals surface area contributed by atoms with E-state index in [1.54, 1.807) is 0 Å².